The van der Waals surface area contributed by atoms with Crippen LogP contribution >= 0.6 is 0 Å². The monoisotopic (exact) mass is 384 g/mol. The van der Waals surface area contributed by atoms with Gasteiger partial charge in [0.2, 0.25) is 0 Å². The number of fused-ring (bicyclic) bond motifs is 1. The second-order valence-electron chi connectivity index (χ2n) is 5.94. The second-order valence-corrected chi connectivity index (χ2v) is 5.94. The third kappa shape index (κ3) is 3.32. The van der Waals surface area contributed by atoms with E-state index in [0.717, 1.165) is 4.57 Å². The Labute approximate surface area is 157 Å². The van der Waals surface area contributed by atoms with Crippen molar-refractivity contribution in [3.8, 4) is 0 Å². The quantitative estimate of drug-likeness (QED) is 0.439. The number of aromatic carboxylic acids is 1. The number of nitrogens with one attached hydrogen (secondary N) is 1. The summed E-state index contributed by atoms with van der Waals surface area (Å²) in [6.45, 7) is -0.262. The fraction of sp³-hybridized carbons (Fsp3) is 0.176. The molecule has 28 heavy (non-hydrogen) atoms. The third-order valence-electron chi connectivity index (χ3n) is 4.12. The summed E-state index contributed by atoms with van der Waals surface area (Å²) >= 11 is 0. The molecule has 11 nitrogen and oxygen atoms in total. The van der Waals surface area contributed by atoms with Gasteiger partial charge in [-0.05, 0) is 6.07 Å². The molecule has 1 aromatic carbocycles. The van der Waals surface area contributed by atoms with Crippen LogP contribution in [-0.4, -0.2) is 41.9 Å². The van der Waals surface area contributed by atoms with Crippen LogP contribution in [0.3, 0.4) is 0 Å². The van der Waals surface area contributed by atoms with Gasteiger partial charge in [0.1, 0.15) is 6.54 Å². The van der Waals surface area contributed by atoms with E-state index in [1.807, 2.05) is 0 Å². The zero-order chi connectivity index (χ0) is 20.4. The molecule has 0 bridgehead atoms. The summed E-state index contributed by atoms with van der Waals surface area (Å²) in [6.07, 6.45) is 2.50. The fourth-order valence-electron chi connectivity index (χ4n) is 2.69. The molecule has 0 aliphatic heterocycles. The topological polar surface area (TPSA) is 141 Å². The van der Waals surface area contributed by atoms with Crippen molar-refractivity contribution in [3.63, 3.8) is 0 Å². The number of hydrogen-bond acceptors (Lipinski definition) is 6. The summed E-state index contributed by atoms with van der Waals surface area (Å²) in [6, 6.07) is 6.19. The molecule has 0 spiro atoms. The Bertz CT molecular complexity index is 1230. The van der Waals surface area contributed by atoms with E-state index < -0.39 is 23.1 Å². The molecule has 0 aliphatic carbocycles. The maximum absolute atomic E-state index is 12.3. The van der Waals surface area contributed by atoms with E-state index in [4.69, 9.17) is 5.11 Å². The van der Waals surface area contributed by atoms with Crippen LogP contribution in [0.5, 0.6) is 0 Å². The molecule has 0 unspecified atom stereocenters. The Morgan fingerprint density at radius 3 is 2.64 bits per heavy atom. The lowest BCUT2D eigenvalue weighted by Gasteiger charge is -2.06. The molecule has 1 amide bonds. The third-order valence-corrected chi connectivity index (χ3v) is 4.12. The Morgan fingerprint density at radius 1 is 1.21 bits per heavy atom. The number of hydrogen-bond donors (Lipinski definition) is 2. The Kier molecular flexibility index (Phi) is 4.90. The molecule has 144 valence electrons. The molecule has 2 heterocycles. The summed E-state index contributed by atoms with van der Waals surface area (Å²) < 4.78 is 3.46. The average Bonchev–Trinajstić information content (AvgIpc) is 3.08. The van der Waals surface area contributed by atoms with Crippen molar-refractivity contribution in [1.29, 1.82) is 0 Å². The lowest BCUT2D eigenvalue weighted by atomic mass is 10.1. The van der Waals surface area contributed by atoms with Gasteiger partial charge in [-0.3, -0.25) is 18.7 Å². The Balaban J connectivity index is 1.81. The Hall–Kier alpha value is -4.02. The highest BCUT2D eigenvalue weighted by atomic mass is 16.4. The molecule has 2 aromatic heterocycles. The van der Waals surface area contributed by atoms with Gasteiger partial charge in [0.15, 0.2) is 11.2 Å². The van der Waals surface area contributed by atoms with Crippen molar-refractivity contribution in [3.05, 3.63) is 62.6 Å². The first-order chi connectivity index (χ1) is 13.3. The SMILES string of the molecule is Cn1c(=O)c2c(ncn2CC(=O)N/N=C\c2ccccc2C(=O)O)n(C)c1=O. The van der Waals surface area contributed by atoms with Crippen molar-refractivity contribution in [1.82, 2.24) is 24.1 Å². The van der Waals surface area contributed by atoms with Crippen molar-refractivity contribution < 1.29 is 14.7 Å². The van der Waals surface area contributed by atoms with Gasteiger partial charge < -0.3 is 9.67 Å². The molecule has 0 atom stereocenters. The number of nitrogens with zero attached hydrogens (tertiary/aromatic N) is 5. The van der Waals surface area contributed by atoms with Crippen LogP contribution in [-0.2, 0) is 25.4 Å². The van der Waals surface area contributed by atoms with Crippen molar-refractivity contribution in [2.45, 2.75) is 6.54 Å². The van der Waals surface area contributed by atoms with Crippen LogP contribution in [0.4, 0.5) is 0 Å². The van der Waals surface area contributed by atoms with Gasteiger partial charge in [-0.2, -0.15) is 5.10 Å². The summed E-state index contributed by atoms with van der Waals surface area (Å²) in [7, 11) is 2.82. The van der Waals surface area contributed by atoms with Gasteiger partial charge >= 0.3 is 11.7 Å². The Morgan fingerprint density at radius 2 is 1.93 bits per heavy atom. The second kappa shape index (κ2) is 7.31. The first-order valence-electron chi connectivity index (χ1n) is 8.06. The van der Waals surface area contributed by atoms with Gasteiger partial charge in [-0.15, -0.1) is 0 Å². The maximum atomic E-state index is 12.3. The van der Waals surface area contributed by atoms with Crippen molar-refractivity contribution in [2.24, 2.45) is 19.2 Å². The molecule has 2 N–H and O–H groups in total. The number of carboxylic acids is 1. The number of hydrazone groups is 1. The van der Waals surface area contributed by atoms with Crippen LogP contribution < -0.4 is 16.7 Å². The van der Waals surface area contributed by atoms with Crippen LogP contribution in [0.15, 0.2) is 45.3 Å². The van der Waals surface area contributed by atoms with E-state index >= 15 is 0 Å². The van der Waals surface area contributed by atoms with Gasteiger partial charge in [0.05, 0.1) is 18.1 Å². The molecular formula is C17H16N6O5. The highest BCUT2D eigenvalue weighted by Gasteiger charge is 2.15. The van der Waals surface area contributed by atoms with E-state index in [9.17, 15) is 19.2 Å². The average molecular weight is 384 g/mol. The predicted molar refractivity (Wildman–Crippen MR) is 99.4 cm³/mol. The first-order valence-corrected chi connectivity index (χ1v) is 8.06. The molecule has 0 saturated heterocycles. The van der Waals surface area contributed by atoms with Crippen LogP contribution in [0.2, 0.25) is 0 Å². The number of aromatic nitrogens is 4. The molecule has 0 radical (unpaired) electrons. The number of imidazole rings is 1. The molecule has 3 aromatic rings. The zero-order valence-corrected chi connectivity index (χ0v) is 15.0. The van der Waals surface area contributed by atoms with E-state index in [1.54, 1.807) is 18.2 Å². The number of aryl methyl sites for hydroxylation is 1. The minimum Gasteiger partial charge on any atom is -0.478 e. The molecule has 0 aliphatic rings. The van der Waals surface area contributed by atoms with Gasteiger partial charge in [-0.25, -0.2) is 20.0 Å². The lowest BCUT2D eigenvalue weighted by Crippen LogP contribution is -2.38. The molecular weight excluding hydrogens is 368 g/mol. The lowest BCUT2D eigenvalue weighted by molar-refractivity contribution is -0.121. The maximum Gasteiger partial charge on any atom is 0.336 e. The zero-order valence-electron chi connectivity index (χ0n) is 15.0. The first kappa shape index (κ1) is 18.8. The minimum absolute atomic E-state index is 0.0468. The number of benzene rings is 1. The van der Waals surface area contributed by atoms with E-state index in [-0.39, 0.29) is 23.3 Å². The van der Waals surface area contributed by atoms with Gasteiger partial charge in [0, 0.05) is 19.7 Å². The van der Waals surface area contributed by atoms with E-state index in [1.165, 1.54) is 41.8 Å². The number of amides is 1. The molecule has 0 saturated carbocycles. The summed E-state index contributed by atoms with van der Waals surface area (Å²) in [4.78, 5) is 51.6. The minimum atomic E-state index is -1.11. The molecule has 11 heteroatoms. The van der Waals surface area contributed by atoms with Crippen LogP contribution in [0, 0.1) is 0 Å². The smallest absolute Gasteiger partial charge is 0.336 e. The molecule has 3 rings (SSSR count). The number of rotatable bonds is 5. The highest BCUT2D eigenvalue weighted by molar-refractivity contribution is 5.98. The number of carbonyl (C=O) groups is 2. The number of carboxylic acid groups (broad SMARTS) is 1. The van der Waals surface area contributed by atoms with Crippen LogP contribution in [0.25, 0.3) is 11.2 Å². The predicted octanol–water partition coefficient (Wildman–Crippen LogP) is -0.718. The fourth-order valence-corrected chi connectivity index (χ4v) is 2.69. The van der Waals surface area contributed by atoms with E-state index in [2.05, 4.69) is 15.5 Å². The van der Waals surface area contributed by atoms with Gasteiger partial charge in [-0.1, -0.05) is 18.2 Å². The van der Waals surface area contributed by atoms with E-state index in [0.29, 0.717) is 5.56 Å². The largest absolute Gasteiger partial charge is 0.478 e. The summed E-state index contributed by atoms with van der Waals surface area (Å²) in [5, 5.41) is 12.9. The summed E-state index contributed by atoms with van der Waals surface area (Å²) in [5.74, 6) is -1.67. The van der Waals surface area contributed by atoms with Crippen molar-refractivity contribution in [2.75, 3.05) is 0 Å². The number of carbonyl (C=O) groups excluding carboxylic acids is 1. The molecule has 0 fully saturated rings. The van der Waals surface area contributed by atoms with Crippen LogP contribution in [0.1, 0.15) is 15.9 Å². The van der Waals surface area contributed by atoms with Crippen molar-refractivity contribution >= 4 is 29.3 Å². The van der Waals surface area contributed by atoms with Gasteiger partial charge in [0.25, 0.3) is 11.5 Å². The highest BCUT2D eigenvalue weighted by Crippen LogP contribution is 2.06. The summed E-state index contributed by atoms with van der Waals surface area (Å²) in [5.41, 5.74) is 1.84. The standard InChI is InChI=1S/C17H16N6O5/c1-21-14-13(15(25)22(2)17(21)28)23(9-18-14)8-12(24)20-19-7-10-5-3-4-6-11(10)16(26)27/h3-7,9H,8H2,1-2H3,(H,20,24)(H,26,27)/b19-7-. The normalized spacial score (nSPS) is 11.2.